The zero-order chi connectivity index (χ0) is 32.3. The predicted molar refractivity (Wildman–Crippen MR) is 169 cm³/mol. The molecule has 0 spiro atoms. The first-order chi connectivity index (χ1) is 22.2. The van der Waals surface area contributed by atoms with Crippen LogP contribution in [-0.4, -0.2) is 55.4 Å². The molecule has 0 unspecified atom stereocenters. The molecule has 1 aliphatic heterocycles. The van der Waals surface area contributed by atoms with Crippen molar-refractivity contribution in [2.75, 3.05) is 44.0 Å². The number of hydrogen-bond acceptors (Lipinski definition) is 7. The first-order valence-electron chi connectivity index (χ1n) is 14.9. The summed E-state index contributed by atoms with van der Waals surface area (Å²) in [5, 5.41) is 5.15. The van der Waals surface area contributed by atoms with Crippen LogP contribution in [0.15, 0.2) is 60.8 Å². The molecule has 242 valence electrons. The second-order valence-electron chi connectivity index (χ2n) is 11.1. The van der Waals surface area contributed by atoms with Crippen LogP contribution in [0, 0.1) is 0 Å². The highest BCUT2D eigenvalue weighted by molar-refractivity contribution is 6.31. The van der Waals surface area contributed by atoms with E-state index in [0.717, 1.165) is 25.1 Å². The minimum atomic E-state index is -4.65. The van der Waals surface area contributed by atoms with Crippen LogP contribution in [0.5, 0.6) is 28.7 Å². The fraction of sp³-hybridized carbons (Fsp3) is 0.333. The molecule has 0 bridgehead atoms. The Labute approximate surface area is 268 Å². The summed E-state index contributed by atoms with van der Waals surface area (Å²) in [6.07, 6.45) is 1.69. The van der Waals surface area contributed by atoms with Crippen molar-refractivity contribution in [3.63, 3.8) is 0 Å². The normalized spacial score (nSPS) is 14.6. The zero-order valence-corrected chi connectivity index (χ0v) is 25.7. The molecule has 1 aliphatic carbocycles. The number of benzene rings is 3. The van der Waals surface area contributed by atoms with Crippen molar-refractivity contribution in [3.05, 3.63) is 71.4 Å². The standard InChI is InChI=1S/C33H32ClF3N4O5/c1-41(22-4-2-5-22)14-3-15-43-28-19-26-29(31-30(28)44-16-17-45-31)27(12-13-38-26)46-23-9-6-20(7-10-23)39-32(42)40-21-8-11-25(34)24(18-21)33(35,36)37/h6-13,18-19,22H,2-5,14-17H2,1H3,(H2,39,40,42). The molecule has 9 nitrogen and oxygen atoms in total. The van der Waals surface area contributed by atoms with Gasteiger partial charge in [0.1, 0.15) is 24.7 Å². The van der Waals surface area contributed by atoms with Gasteiger partial charge in [-0.15, -0.1) is 0 Å². The minimum Gasteiger partial charge on any atom is -0.489 e. The highest BCUT2D eigenvalue weighted by atomic mass is 35.5. The Kier molecular flexibility index (Phi) is 9.27. The number of urea groups is 1. The molecule has 13 heteroatoms. The average Bonchev–Trinajstić information content (AvgIpc) is 3.00. The maximum Gasteiger partial charge on any atom is 0.417 e. The molecule has 1 fully saturated rings. The third-order valence-corrected chi connectivity index (χ3v) is 8.25. The van der Waals surface area contributed by atoms with Crippen molar-refractivity contribution in [3.8, 4) is 28.7 Å². The van der Waals surface area contributed by atoms with Gasteiger partial charge in [-0.05, 0) is 74.8 Å². The number of halogens is 4. The molecule has 2 heterocycles. The maximum atomic E-state index is 13.2. The number of carbonyl (C=O) groups is 1. The second kappa shape index (κ2) is 13.5. The molecule has 2 aliphatic rings. The lowest BCUT2D eigenvalue weighted by Crippen LogP contribution is -2.38. The van der Waals surface area contributed by atoms with Crippen LogP contribution < -0.4 is 29.6 Å². The molecule has 1 saturated carbocycles. The van der Waals surface area contributed by atoms with Crippen LogP contribution in [0.1, 0.15) is 31.2 Å². The number of ether oxygens (including phenoxy) is 4. The first kappa shape index (κ1) is 31.6. The minimum absolute atomic E-state index is 0.0571. The average molecular weight is 657 g/mol. The Morgan fingerprint density at radius 3 is 2.43 bits per heavy atom. The summed E-state index contributed by atoms with van der Waals surface area (Å²) >= 11 is 5.66. The molecular formula is C33H32ClF3N4O5. The van der Waals surface area contributed by atoms with E-state index in [9.17, 15) is 18.0 Å². The van der Waals surface area contributed by atoms with E-state index < -0.39 is 22.8 Å². The number of amides is 2. The van der Waals surface area contributed by atoms with Crippen LogP contribution in [0.4, 0.5) is 29.3 Å². The highest BCUT2D eigenvalue weighted by Gasteiger charge is 2.33. The van der Waals surface area contributed by atoms with Gasteiger partial charge in [-0.2, -0.15) is 13.2 Å². The number of nitrogens with zero attached hydrogens (tertiary/aromatic N) is 2. The molecule has 2 amide bonds. The smallest absolute Gasteiger partial charge is 0.417 e. The van der Waals surface area contributed by atoms with Crippen LogP contribution in [-0.2, 0) is 6.18 Å². The lowest BCUT2D eigenvalue weighted by molar-refractivity contribution is -0.137. The number of pyridine rings is 1. The Morgan fingerprint density at radius 2 is 1.72 bits per heavy atom. The fourth-order valence-electron chi connectivity index (χ4n) is 5.32. The van der Waals surface area contributed by atoms with Crippen LogP contribution in [0.25, 0.3) is 10.9 Å². The van der Waals surface area contributed by atoms with Crippen LogP contribution >= 0.6 is 11.6 Å². The summed E-state index contributed by atoms with van der Waals surface area (Å²) in [5.41, 5.74) is -0.0849. The number of rotatable bonds is 10. The summed E-state index contributed by atoms with van der Waals surface area (Å²) in [6, 6.07) is 13.1. The fourth-order valence-corrected chi connectivity index (χ4v) is 5.54. The number of alkyl halides is 3. The summed E-state index contributed by atoms with van der Waals surface area (Å²) in [5.74, 6) is 2.53. The van der Waals surface area contributed by atoms with Gasteiger partial charge in [-0.3, -0.25) is 4.98 Å². The Morgan fingerprint density at radius 1 is 1.00 bits per heavy atom. The third-order valence-electron chi connectivity index (χ3n) is 7.92. The van der Waals surface area contributed by atoms with E-state index in [2.05, 4.69) is 27.6 Å². The Balaban J connectivity index is 1.12. The van der Waals surface area contributed by atoms with Crippen molar-refractivity contribution < 1.29 is 36.9 Å². The van der Waals surface area contributed by atoms with E-state index in [4.69, 9.17) is 30.5 Å². The zero-order valence-electron chi connectivity index (χ0n) is 25.0. The van der Waals surface area contributed by atoms with Crippen molar-refractivity contribution in [2.45, 2.75) is 37.9 Å². The third kappa shape index (κ3) is 7.18. The van der Waals surface area contributed by atoms with Gasteiger partial charge in [-0.25, -0.2) is 4.79 Å². The van der Waals surface area contributed by atoms with Crippen molar-refractivity contribution in [1.82, 2.24) is 9.88 Å². The van der Waals surface area contributed by atoms with Crippen LogP contribution in [0.3, 0.4) is 0 Å². The number of hydrogen-bond donors (Lipinski definition) is 2. The highest BCUT2D eigenvalue weighted by Crippen LogP contribution is 2.48. The molecule has 0 radical (unpaired) electrons. The van der Waals surface area contributed by atoms with E-state index in [1.54, 1.807) is 36.5 Å². The van der Waals surface area contributed by atoms with E-state index in [1.807, 2.05) is 6.07 Å². The molecule has 4 aromatic rings. The van der Waals surface area contributed by atoms with E-state index in [-0.39, 0.29) is 5.69 Å². The molecule has 1 aromatic heterocycles. The SMILES string of the molecule is CN(CCCOc1cc2nccc(Oc3ccc(NC(=O)Nc4ccc(Cl)c(C(F)(F)F)c4)cc3)c2c2c1OCCO2)C1CCC1. The molecule has 0 atom stereocenters. The van der Waals surface area contributed by atoms with E-state index in [1.165, 1.54) is 25.3 Å². The number of nitrogens with one attached hydrogen (secondary N) is 2. The molecule has 0 saturated heterocycles. The monoisotopic (exact) mass is 656 g/mol. The summed E-state index contributed by atoms with van der Waals surface area (Å²) in [4.78, 5) is 19.4. The number of anilines is 2. The summed E-state index contributed by atoms with van der Waals surface area (Å²) in [6.45, 7) is 2.24. The Bertz CT molecular complexity index is 1720. The van der Waals surface area contributed by atoms with Crippen molar-refractivity contribution in [2.24, 2.45) is 0 Å². The van der Waals surface area contributed by atoms with Gasteiger partial charge in [0.05, 0.1) is 28.1 Å². The lowest BCUT2D eigenvalue weighted by Gasteiger charge is -2.34. The molecule has 2 N–H and O–H groups in total. The van der Waals surface area contributed by atoms with E-state index >= 15 is 0 Å². The predicted octanol–water partition coefficient (Wildman–Crippen LogP) is 8.37. The Hall–Kier alpha value is -4.42. The number of carbonyl (C=O) groups excluding carboxylic acids is 1. The maximum absolute atomic E-state index is 13.2. The van der Waals surface area contributed by atoms with Gasteiger partial charge in [0.15, 0.2) is 11.5 Å². The summed E-state index contributed by atoms with van der Waals surface area (Å²) < 4.78 is 63.9. The first-order valence-corrected chi connectivity index (χ1v) is 15.3. The number of aromatic nitrogens is 1. The van der Waals surface area contributed by atoms with E-state index in [0.29, 0.717) is 71.2 Å². The molecule has 3 aromatic carbocycles. The molecule has 6 rings (SSSR count). The van der Waals surface area contributed by atoms with Gasteiger partial charge < -0.3 is 34.5 Å². The van der Waals surface area contributed by atoms with Gasteiger partial charge in [0.2, 0.25) is 5.75 Å². The van der Waals surface area contributed by atoms with Crippen LogP contribution in [0.2, 0.25) is 5.02 Å². The number of fused-ring (bicyclic) bond motifs is 3. The largest absolute Gasteiger partial charge is 0.489 e. The summed E-state index contributed by atoms with van der Waals surface area (Å²) in [7, 11) is 2.16. The van der Waals surface area contributed by atoms with Gasteiger partial charge >= 0.3 is 12.2 Å². The molecular weight excluding hydrogens is 625 g/mol. The van der Waals surface area contributed by atoms with Gasteiger partial charge in [0.25, 0.3) is 0 Å². The molecule has 46 heavy (non-hydrogen) atoms. The second-order valence-corrected chi connectivity index (χ2v) is 11.5. The van der Waals surface area contributed by atoms with Gasteiger partial charge in [-0.1, -0.05) is 18.0 Å². The van der Waals surface area contributed by atoms with Crippen molar-refractivity contribution >= 4 is 39.9 Å². The topological polar surface area (TPSA) is 94.2 Å². The quantitative estimate of drug-likeness (QED) is 0.166. The lowest BCUT2D eigenvalue weighted by atomic mass is 9.92. The van der Waals surface area contributed by atoms with Crippen molar-refractivity contribution in [1.29, 1.82) is 0 Å². The van der Waals surface area contributed by atoms with Gasteiger partial charge in [0, 0.05) is 36.2 Å².